The highest BCUT2D eigenvalue weighted by molar-refractivity contribution is 5.95. The molecule has 0 fully saturated rings. The molecule has 3 N–H and O–H groups in total. The quantitative estimate of drug-likeness (QED) is 0.604. The van der Waals surface area contributed by atoms with Gasteiger partial charge in [-0.15, -0.1) is 0 Å². The zero-order valence-corrected chi connectivity index (χ0v) is 9.14. The number of nitrogens with zero attached hydrogens (tertiary/aromatic N) is 1. The summed E-state index contributed by atoms with van der Waals surface area (Å²) in [5, 5.41) is 16.1. The summed E-state index contributed by atoms with van der Waals surface area (Å²) in [6, 6.07) is 16.9. The van der Waals surface area contributed by atoms with E-state index in [4.69, 9.17) is 16.4 Å². The molecule has 0 heterocycles. The fraction of sp³-hybridized carbons (Fsp3) is 0. The van der Waals surface area contributed by atoms with Crippen molar-refractivity contribution in [2.75, 3.05) is 0 Å². The summed E-state index contributed by atoms with van der Waals surface area (Å²) in [4.78, 5) is 0. The third-order valence-electron chi connectivity index (χ3n) is 2.52. The molecule has 17 heavy (non-hydrogen) atoms. The van der Waals surface area contributed by atoms with Gasteiger partial charge >= 0.3 is 0 Å². The minimum absolute atomic E-state index is 0.0577. The van der Waals surface area contributed by atoms with E-state index >= 15 is 0 Å². The Kier molecular flexibility index (Phi) is 2.89. The van der Waals surface area contributed by atoms with Gasteiger partial charge in [-0.1, -0.05) is 36.4 Å². The number of rotatable bonds is 2. The first kappa shape index (κ1) is 10.9. The van der Waals surface area contributed by atoms with Crippen LogP contribution < -0.4 is 5.73 Å². The van der Waals surface area contributed by atoms with Crippen LogP contribution in [0.15, 0.2) is 48.5 Å². The summed E-state index contributed by atoms with van der Waals surface area (Å²) in [6.07, 6.45) is 0. The molecule has 3 nitrogen and oxygen atoms in total. The molecular formula is C14H11N3. The summed E-state index contributed by atoms with van der Waals surface area (Å²) in [7, 11) is 0. The van der Waals surface area contributed by atoms with Crippen LogP contribution >= 0.6 is 0 Å². The van der Waals surface area contributed by atoms with Gasteiger partial charge in [-0.3, -0.25) is 5.41 Å². The average Bonchev–Trinajstić information content (AvgIpc) is 2.39. The smallest absolute Gasteiger partial charge is 0.122 e. The summed E-state index contributed by atoms with van der Waals surface area (Å²) in [5.74, 6) is 0.0577. The first-order chi connectivity index (χ1) is 8.20. The monoisotopic (exact) mass is 221 g/mol. The van der Waals surface area contributed by atoms with E-state index in [2.05, 4.69) is 6.07 Å². The Labute approximate surface area is 99.6 Å². The first-order valence-corrected chi connectivity index (χ1v) is 5.16. The van der Waals surface area contributed by atoms with E-state index in [0.717, 1.165) is 11.1 Å². The van der Waals surface area contributed by atoms with Crippen LogP contribution in [-0.2, 0) is 0 Å². The van der Waals surface area contributed by atoms with Crippen molar-refractivity contribution in [3.63, 3.8) is 0 Å². The maximum atomic E-state index is 8.83. The predicted octanol–water partition coefficient (Wildman–Crippen LogP) is 2.51. The van der Waals surface area contributed by atoms with Crippen molar-refractivity contribution < 1.29 is 0 Å². The van der Waals surface area contributed by atoms with E-state index in [-0.39, 0.29) is 5.84 Å². The molecule has 0 saturated heterocycles. The van der Waals surface area contributed by atoms with E-state index in [1.54, 1.807) is 18.2 Å². The second-order valence-corrected chi connectivity index (χ2v) is 3.68. The highest BCUT2D eigenvalue weighted by atomic mass is 14.7. The molecule has 2 aromatic rings. The summed E-state index contributed by atoms with van der Waals surface area (Å²) in [6.45, 7) is 0. The first-order valence-electron chi connectivity index (χ1n) is 5.16. The molecule has 0 atom stereocenters. The van der Waals surface area contributed by atoms with Gasteiger partial charge < -0.3 is 5.73 Å². The van der Waals surface area contributed by atoms with Crippen molar-refractivity contribution in [3.8, 4) is 17.2 Å². The van der Waals surface area contributed by atoms with Gasteiger partial charge in [0.05, 0.1) is 11.6 Å². The van der Waals surface area contributed by atoms with E-state index < -0.39 is 0 Å². The van der Waals surface area contributed by atoms with Crippen LogP contribution in [0.2, 0.25) is 0 Å². The molecule has 0 bridgehead atoms. The fourth-order valence-corrected chi connectivity index (χ4v) is 1.61. The van der Waals surface area contributed by atoms with Gasteiger partial charge in [0, 0.05) is 5.56 Å². The molecular weight excluding hydrogens is 210 g/mol. The number of nitrogens with one attached hydrogen (secondary N) is 1. The van der Waals surface area contributed by atoms with Gasteiger partial charge in [0.1, 0.15) is 5.84 Å². The Hall–Kier alpha value is -2.60. The molecule has 0 spiro atoms. The molecule has 82 valence electrons. The Morgan fingerprint density at radius 1 is 1.06 bits per heavy atom. The highest BCUT2D eigenvalue weighted by Crippen LogP contribution is 2.20. The molecule has 2 rings (SSSR count). The average molecular weight is 221 g/mol. The third kappa shape index (κ3) is 2.32. The molecule has 0 amide bonds. The highest BCUT2D eigenvalue weighted by Gasteiger charge is 2.00. The van der Waals surface area contributed by atoms with Crippen LogP contribution in [0, 0.1) is 16.7 Å². The Morgan fingerprint density at radius 3 is 2.35 bits per heavy atom. The van der Waals surface area contributed by atoms with Crippen LogP contribution in [0.1, 0.15) is 11.1 Å². The lowest BCUT2D eigenvalue weighted by Gasteiger charge is -2.03. The van der Waals surface area contributed by atoms with Crippen molar-refractivity contribution in [2.45, 2.75) is 0 Å². The fourth-order valence-electron chi connectivity index (χ4n) is 1.61. The lowest BCUT2D eigenvalue weighted by atomic mass is 10.0. The van der Waals surface area contributed by atoms with Crippen molar-refractivity contribution in [1.29, 1.82) is 10.7 Å². The van der Waals surface area contributed by atoms with Gasteiger partial charge in [-0.05, 0) is 23.3 Å². The second kappa shape index (κ2) is 4.50. The number of hydrogen-bond donors (Lipinski definition) is 2. The van der Waals surface area contributed by atoms with E-state index in [1.807, 2.05) is 30.3 Å². The number of nitrogen functional groups attached to an aromatic ring is 1. The number of nitriles is 1. The number of amidine groups is 1. The standard InChI is InChI=1S/C14H11N3/c15-9-10-2-1-3-13(8-10)11-4-6-12(7-5-11)14(16)17/h1-8H,(H3,16,17). The largest absolute Gasteiger partial charge is 0.384 e. The number of benzene rings is 2. The van der Waals surface area contributed by atoms with Crippen molar-refractivity contribution in [1.82, 2.24) is 0 Å². The molecule has 3 heteroatoms. The Bertz CT molecular complexity index is 592. The van der Waals surface area contributed by atoms with Crippen LogP contribution in [-0.4, -0.2) is 5.84 Å². The molecule has 0 aliphatic heterocycles. The minimum Gasteiger partial charge on any atom is -0.384 e. The molecule has 0 aliphatic rings. The third-order valence-corrected chi connectivity index (χ3v) is 2.52. The lowest BCUT2D eigenvalue weighted by molar-refractivity contribution is 1.42. The second-order valence-electron chi connectivity index (χ2n) is 3.68. The van der Waals surface area contributed by atoms with E-state index in [0.29, 0.717) is 11.1 Å². The molecule has 0 aromatic heterocycles. The molecule has 0 aliphatic carbocycles. The van der Waals surface area contributed by atoms with Gasteiger partial charge in [-0.25, -0.2) is 0 Å². The summed E-state index contributed by atoms with van der Waals surface area (Å²) < 4.78 is 0. The maximum absolute atomic E-state index is 8.83. The zero-order valence-electron chi connectivity index (χ0n) is 9.14. The van der Waals surface area contributed by atoms with Crippen molar-refractivity contribution >= 4 is 5.84 Å². The van der Waals surface area contributed by atoms with Gasteiger partial charge in [-0.2, -0.15) is 5.26 Å². The molecule has 2 aromatic carbocycles. The predicted molar refractivity (Wildman–Crippen MR) is 67.6 cm³/mol. The molecule has 0 unspecified atom stereocenters. The van der Waals surface area contributed by atoms with Gasteiger partial charge in [0.2, 0.25) is 0 Å². The van der Waals surface area contributed by atoms with Crippen LogP contribution in [0.4, 0.5) is 0 Å². The Balaban J connectivity index is 2.40. The topological polar surface area (TPSA) is 73.7 Å². The van der Waals surface area contributed by atoms with E-state index in [9.17, 15) is 0 Å². The molecule has 0 saturated carbocycles. The van der Waals surface area contributed by atoms with E-state index in [1.165, 1.54) is 0 Å². The van der Waals surface area contributed by atoms with Gasteiger partial charge in [0.25, 0.3) is 0 Å². The lowest BCUT2D eigenvalue weighted by Crippen LogP contribution is -2.10. The van der Waals surface area contributed by atoms with Crippen molar-refractivity contribution in [3.05, 3.63) is 59.7 Å². The van der Waals surface area contributed by atoms with Crippen LogP contribution in [0.3, 0.4) is 0 Å². The SMILES string of the molecule is N#Cc1cccc(-c2ccc(C(=N)N)cc2)c1. The number of nitrogens with two attached hydrogens (primary N) is 1. The minimum atomic E-state index is 0.0577. The molecule has 0 radical (unpaired) electrons. The summed E-state index contributed by atoms with van der Waals surface area (Å²) >= 11 is 0. The number of hydrogen-bond acceptors (Lipinski definition) is 2. The van der Waals surface area contributed by atoms with Crippen LogP contribution in [0.25, 0.3) is 11.1 Å². The van der Waals surface area contributed by atoms with Crippen LogP contribution in [0.5, 0.6) is 0 Å². The van der Waals surface area contributed by atoms with Crippen molar-refractivity contribution in [2.24, 2.45) is 5.73 Å². The Morgan fingerprint density at radius 2 is 1.76 bits per heavy atom. The zero-order chi connectivity index (χ0) is 12.3. The van der Waals surface area contributed by atoms with Gasteiger partial charge in [0.15, 0.2) is 0 Å². The maximum Gasteiger partial charge on any atom is 0.122 e. The summed E-state index contributed by atoms with van der Waals surface area (Å²) in [5.41, 5.74) is 8.72. The normalized spacial score (nSPS) is 9.59.